The SMILES string of the molecule is CC(=O)NCC1CN(c2ccc(C3=NN(C)C(=O)CS3)c(F)c2)C(=O)O1. The van der Waals surface area contributed by atoms with E-state index in [0.29, 0.717) is 10.7 Å². The summed E-state index contributed by atoms with van der Waals surface area (Å²) in [7, 11) is 1.52. The highest BCUT2D eigenvalue weighted by Crippen LogP contribution is 2.27. The minimum Gasteiger partial charge on any atom is -0.442 e. The highest BCUT2D eigenvalue weighted by molar-refractivity contribution is 8.15. The molecule has 3 amide bonds. The summed E-state index contributed by atoms with van der Waals surface area (Å²) in [6.07, 6.45) is -1.09. The molecule has 0 aliphatic carbocycles. The summed E-state index contributed by atoms with van der Waals surface area (Å²) in [6.45, 7) is 1.79. The molecule has 1 atom stereocenters. The van der Waals surface area contributed by atoms with Gasteiger partial charge in [0.05, 0.1) is 24.5 Å². The molecule has 1 aromatic rings. The van der Waals surface area contributed by atoms with Gasteiger partial charge >= 0.3 is 6.09 Å². The Bertz CT molecular complexity index is 800. The quantitative estimate of drug-likeness (QED) is 0.846. The number of carbonyl (C=O) groups is 3. The second-order valence-electron chi connectivity index (χ2n) is 5.83. The lowest BCUT2D eigenvalue weighted by Crippen LogP contribution is -2.33. The minimum absolute atomic E-state index is 0.152. The van der Waals surface area contributed by atoms with Crippen molar-refractivity contribution < 1.29 is 23.5 Å². The van der Waals surface area contributed by atoms with Crippen LogP contribution in [0.3, 0.4) is 0 Å². The van der Waals surface area contributed by atoms with Gasteiger partial charge in [-0.3, -0.25) is 14.5 Å². The van der Waals surface area contributed by atoms with Crippen LogP contribution in [0.5, 0.6) is 0 Å². The third kappa shape index (κ3) is 3.79. The number of benzene rings is 1. The zero-order valence-electron chi connectivity index (χ0n) is 14.2. The van der Waals surface area contributed by atoms with E-state index in [1.165, 1.54) is 36.0 Å². The maximum absolute atomic E-state index is 14.6. The van der Waals surface area contributed by atoms with Crippen molar-refractivity contribution in [2.45, 2.75) is 13.0 Å². The largest absolute Gasteiger partial charge is 0.442 e. The standard InChI is InChI=1S/C16H17FN4O4S/c1-9(22)18-6-11-7-21(16(24)25-11)10-3-4-12(13(17)5-10)15-19-20(2)14(23)8-26-15/h3-5,11H,6-8H2,1-2H3,(H,18,22). The molecule has 138 valence electrons. The number of cyclic esters (lactones) is 1. The molecule has 10 heteroatoms. The molecule has 2 aliphatic heterocycles. The Morgan fingerprint density at radius 1 is 1.46 bits per heavy atom. The first kappa shape index (κ1) is 18.2. The average Bonchev–Trinajstić information content (AvgIpc) is 2.96. The van der Waals surface area contributed by atoms with E-state index in [0.717, 1.165) is 11.8 Å². The number of anilines is 1. The van der Waals surface area contributed by atoms with Crippen molar-refractivity contribution in [1.82, 2.24) is 10.3 Å². The number of carbonyl (C=O) groups excluding carboxylic acids is 3. The Morgan fingerprint density at radius 2 is 2.23 bits per heavy atom. The molecule has 0 spiro atoms. The predicted octanol–water partition coefficient (Wildman–Crippen LogP) is 1.15. The molecule has 1 N–H and O–H groups in total. The molecule has 3 rings (SSSR count). The van der Waals surface area contributed by atoms with Crippen LogP contribution in [-0.2, 0) is 14.3 Å². The number of nitrogens with one attached hydrogen (secondary N) is 1. The lowest BCUT2D eigenvalue weighted by atomic mass is 10.2. The first-order valence-corrected chi connectivity index (χ1v) is 8.84. The summed E-state index contributed by atoms with van der Waals surface area (Å²) >= 11 is 1.16. The summed E-state index contributed by atoms with van der Waals surface area (Å²) in [5.74, 6) is -0.723. The van der Waals surface area contributed by atoms with Crippen molar-refractivity contribution in [3.63, 3.8) is 0 Å². The molecule has 0 radical (unpaired) electrons. The van der Waals surface area contributed by atoms with Gasteiger partial charge in [-0.15, -0.1) is 0 Å². The first-order chi connectivity index (χ1) is 12.3. The van der Waals surface area contributed by atoms with E-state index in [4.69, 9.17) is 4.74 Å². The van der Waals surface area contributed by atoms with E-state index in [9.17, 15) is 18.8 Å². The third-order valence-electron chi connectivity index (χ3n) is 3.88. The van der Waals surface area contributed by atoms with Crippen molar-refractivity contribution in [2.24, 2.45) is 5.10 Å². The predicted molar refractivity (Wildman–Crippen MR) is 94.5 cm³/mol. The molecule has 1 saturated heterocycles. The lowest BCUT2D eigenvalue weighted by molar-refractivity contribution is -0.127. The molecule has 0 bridgehead atoms. The van der Waals surface area contributed by atoms with Gasteiger partial charge in [0.25, 0.3) is 5.91 Å². The normalized spacial score (nSPS) is 20.1. The molecule has 8 nitrogen and oxygen atoms in total. The number of hydrogen-bond acceptors (Lipinski definition) is 6. The summed E-state index contributed by atoms with van der Waals surface area (Å²) in [5.41, 5.74) is 0.618. The number of amides is 3. The molecule has 1 fully saturated rings. The molecule has 0 saturated carbocycles. The Morgan fingerprint density at radius 3 is 2.88 bits per heavy atom. The second kappa shape index (κ2) is 7.32. The fourth-order valence-corrected chi connectivity index (χ4v) is 3.47. The fourth-order valence-electron chi connectivity index (χ4n) is 2.52. The van der Waals surface area contributed by atoms with Crippen LogP contribution in [0.1, 0.15) is 12.5 Å². The van der Waals surface area contributed by atoms with E-state index in [-0.39, 0.29) is 36.2 Å². The zero-order chi connectivity index (χ0) is 18.8. The van der Waals surface area contributed by atoms with Gasteiger partial charge in [-0.1, -0.05) is 11.8 Å². The van der Waals surface area contributed by atoms with E-state index in [2.05, 4.69) is 10.4 Å². The molecule has 1 unspecified atom stereocenters. The van der Waals surface area contributed by atoms with Gasteiger partial charge in [-0.25, -0.2) is 14.2 Å². The molecule has 26 heavy (non-hydrogen) atoms. The van der Waals surface area contributed by atoms with Gasteiger partial charge in [0, 0.05) is 19.5 Å². The first-order valence-electron chi connectivity index (χ1n) is 7.85. The van der Waals surface area contributed by atoms with Crippen LogP contribution < -0.4 is 10.2 Å². The summed E-state index contributed by atoms with van der Waals surface area (Å²) < 4.78 is 19.7. The number of halogens is 1. The molecular weight excluding hydrogens is 363 g/mol. The second-order valence-corrected chi connectivity index (χ2v) is 6.79. The number of ether oxygens (including phenoxy) is 1. The molecular formula is C16H17FN4O4S. The van der Waals surface area contributed by atoms with E-state index in [1.54, 1.807) is 6.07 Å². The van der Waals surface area contributed by atoms with Crippen LogP contribution in [-0.4, -0.2) is 60.0 Å². The average molecular weight is 380 g/mol. The summed E-state index contributed by atoms with van der Waals surface area (Å²) in [4.78, 5) is 35.7. The van der Waals surface area contributed by atoms with Gasteiger partial charge in [-0.05, 0) is 18.2 Å². The molecule has 2 heterocycles. The van der Waals surface area contributed by atoms with E-state index >= 15 is 0 Å². The van der Waals surface area contributed by atoms with Crippen molar-refractivity contribution >= 4 is 40.4 Å². The van der Waals surface area contributed by atoms with Gasteiger partial charge in [0.2, 0.25) is 5.91 Å². The lowest BCUT2D eigenvalue weighted by Gasteiger charge is -2.20. The highest BCUT2D eigenvalue weighted by Gasteiger charge is 2.33. The maximum Gasteiger partial charge on any atom is 0.414 e. The highest BCUT2D eigenvalue weighted by atomic mass is 32.2. The molecule has 1 aromatic carbocycles. The Labute approximate surface area is 153 Å². The van der Waals surface area contributed by atoms with Crippen LogP contribution in [0, 0.1) is 5.82 Å². The zero-order valence-corrected chi connectivity index (χ0v) is 15.0. The van der Waals surface area contributed by atoms with Gasteiger partial charge in [0.1, 0.15) is 17.0 Å². The Hall–Kier alpha value is -2.62. The number of nitrogens with zero attached hydrogens (tertiary/aromatic N) is 3. The fraction of sp³-hybridized carbons (Fsp3) is 0.375. The number of hydrazone groups is 1. The van der Waals surface area contributed by atoms with Crippen molar-refractivity contribution in [1.29, 1.82) is 0 Å². The monoisotopic (exact) mass is 380 g/mol. The van der Waals surface area contributed by atoms with E-state index < -0.39 is 18.0 Å². The summed E-state index contributed by atoms with van der Waals surface area (Å²) in [6, 6.07) is 4.35. The van der Waals surface area contributed by atoms with Crippen molar-refractivity contribution in [3.8, 4) is 0 Å². The number of hydrogen-bond donors (Lipinski definition) is 1. The van der Waals surface area contributed by atoms with Crippen molar-refractivity contribution in [2.75, 3.05) is 30.8 Å². The number of thioether (sulfide) groups is 1. The molecule has 0 aromatic heterocycles. The maximum atomic E-state index is 14.6. The Kier molecular flexibility index (Phi) is 5.12. The number of rotatable bonds is 4. The van der Waals surface area contributed by atoms with Gasteiger partial charge in [0.15, 0.2) is 0 Å². The minimum atomic E-state index is -0.595. The van der Waals surface area contributed by atoms with Crippen LogP contribution in [0.4, 0.5) is 14.9 Å². The molecule has 2 aliphatic rings. The van der Waals surface area contributed by atoms with E-state index in [1.807, 2.05) is 0 Å². The summed E-state index contributed by atoms with van der Waals surface area (Å²) in [5, 5.41) is 8.24. The van der Waals surface area contributed by atoms with Crippen LogP contribution in [0.2, 0.25) is 0 Å². The van der Waals surface area contributed by atoms with Crippen molar-refractivity contribution in [3.05, 3.63) is 29.6 Å². The topological polar surface area (TPSA) is 91.3 Å². The van der Waals surface area contributed by atoms with Crippen LogP contribution in [0.25, 0.3) is 0 Å². The Balaban J connectivity index is 1.76. The van der Waals surface area contributed by atoms with Crippen LogP contribution >= 0.6 is 11.8 Å². The van der Waals surface area contributed by atoms with Crippen LogP contribution in [0.15, 0.2) is 23.3 Å². The third-order valence-corrected chi connectivity index (χ3v) is 4.85. The van der Waals surface area contributed by atoms with Gasteiger partial charge in [-0.2, -0.15) is 5.10 Å². The smallest absolute Gasteiger partial charge is 0.414 e. The van der Waals surface area contributed by atoms with Gasteiger partial charge < -0.3 is 10.1 Å².